The van der Waals surface area contributed by atoms with Crippen LogP contribution >= 0.6 is 0 Å². The molecule has 1 fully saturated rings. The number of hydrogen-bond acceptors (Lipinski definition) is 2. The van der Waals surface area contributed by atoms with Gasteiger partial charge in [-0.1, -0.05) is 0 Å². The lowest BCUT2D eigenvalue weighted by molar-refractivity contribution is -0.125. The molecule has 5 heteroatoms. The first-order chi connectivity index (χ1) is 10.0. The standard InChI is InChI=1S/C16H20F2N2O/c1-11(14-4-3-13(17)8-15(14)18)7-16(21)20-6-5-12(10-20)9-19-2/h3-4,7-8,12,19H,5-6,9-10H2,1-2H3. The molecule has 114 valence electrons. The Bertz CT molecular complexity index is 557. The van der Waals surface area contributed by atoms with Gasteiger partial charge in [-0.15, -0.1) is 0 Å². The summed E-state index contributed by atoms with van der Waals surface area (Å²) >= 11 is 0. The first-order valence-electron chi connectivity index (χ1n) is 7.08. The van der Waals surface area contributed by atoms with Crippen molar-refractivity contribution in [1.82, 2.24) is 10.2 Å². The van der Waals surface area contributed by atoms with Crippen LogP contribution in [0.4, 0.5) is 8.78 Å². The monoisotopic (exact) mass is 294 g/mol. The Morgan fingerprint density at radius 3 is 2.90 bits per heavy atom. The molecule has 1 heterocycles. The van der Waals surface area contributed by atoms with Crippen molar-refractivity contribution in [2.24, 2.45) is 5.92 Å². The smallest absolute Gasteiger partial charge is 0.246 e. The normalized spacial score (nSPS) is 19.1. The second kappa shape index (κ2) is 6.80. The van der Waals surface area contributed by atoms with Crippen molar-refractivity contribution in [1.29, 1.82) is 0 Å². The zero-order valence-corrected chi connectivity index (χ0v) is 12.3. The van der Waals surface area contributed by atoms with Crippen LogP contribution in [0.25, 0.3) is 5.57 Å². The number of halogens is 2. The largest absolute Gasteiger partial charge is 0.339 e. The van der Waals surface area contributed by atoms with Crippen LogP contribution < -0.4 is 5.32 Å². The number of nitrogens with zero attached hydrogens (tertiary/aromatic N) is 1. The molecule has 1 saturated heterocycles. The topological polar surface area (TPSA) is 32.3 Å². The first kappa shape index (κ1) is 15.6. The average molecular weight is 294 g/mol. The Morgan fingerprint density at radius 1 is 1.48 bits per heavy atom. The van der Waals surface area contributed by atoms with Crippen LogP contribution in [0.15, 0.2) is 24.3 Å². The second-order valence-electron chi connectivity index (χ2n) is 5.45. The van der Waals surface area contributed by atoms with Crippen LogP contribution in [0.2, 0.25) is 0 Å². The van der Waals surface area contributed by atoms with Crippen molar-refractivity contribution in [2.75, 3.05) is 26.7 Å². The van der Waals surface area contributed by atoms with Crippen molar-refractivity contribution >= 4 is 11.5 Å². The van der Waals surface area contributed by atoms with E-state index in [4.69, 9.17) is 0 Å². The molecular weight excluding hydrogens is 274 g/mol. The van der Waals surface area contributed by atoms with Crippen molar-refractivity contribution in [2.45, 2.75) is 13.3 Å². The van der Waals surface area contributed by atoms with E-state index in [-0.39, 0.29) is 11.5 Å². The Labute approximate surface area is 123 Å². The number of carbonyl (C=O) groups is 1. The molecule has 2 rings (SSSR count). The lowest BCUT2D eigenvalue weighted by Gasteiger charge is -2.15. The molecular formula is C16H20F2N2O. The maximum absolute atomic E-state index is 13.7. The van der Waals surface area contributed by atoms with Crippen molar-refractivity contribution in [3.05, 3.63) is 41.5 Å². The Balaban J connectivity index is 2.06. The van der Waals surface area contributed by atoms with E-state index in [0.29, 0.717) is 11.5 Å². The van der Waals surface area contributed by atoms with Gasteiger partial charge >= 0.3 is 0 Å². The van der Waals surface area contributed by atoms with Gasteiger partial charge < -0.3 is 10.2 Å². The molecule has 3 nitrogen and oxygen atoms in total. The van der Waals surface area contributed by atoms with Gasteiger partial charge in [0, 0.05) is 30.8 Å². The van der Waals surface area contributed by atoms with Gasteiger partial charge in [0.2, 0.25) is 5.91 Å². The minimum atomic E-state index is -0.647. The summed E-state index contributed by atoms with van der Waals surface area (Å²) in [5.41, 5.74) is 0.769. The molecule has 1 amide bonds. The summed E-state index contributed by atoms with van der Waals surface area (Å²) in [6.45, 7) is 3.99. The van der Waals surface area contributed by atoms with Gasteiger partial charge in [0.05, 0.1) is 0 Å². The van der Waals surface area contributed by atoms with E-state index in [0.717, 1.165) is 32.1 Å². The van der Waals surface area contributed by atoms with E-state index < -0.39 is 11.6 Å². The highest BCUT2D eigenvalue weighted by Crippen LogP contribution is 2.21. The number of carbonyl (C=O) groups excluding carboxylic acids is 1. The number of likely N-dealkylation sites (tertiary alicyclic amines) is 1. The van der Waals surface area contributed by atoms with Crippen LogP contribution in [0.1, 0.15) is 18.9 Å². The van der Waals surface area contributed by atoms with E-state index in [9.17, 15) is 13.6 Å². The summed E-state index contributed by atoms with van der Waals surface area (Å²) in [6, 6.07) is 3.38. The second-order valence-corrected chi connectivity index (χ2v) is 5.45. The molecule has 1 N–H and O–H groups in total. The molecule has 0 bridgehead atoms. The Hall–Kier alpha value is -1.75. The molecule has 1 aliphatic rings. The molecule has 1 aliphatic heterocycles. The van der Waals surface area contributed by atoms with Gasteiger partial charge in [-0.05, 0) is 50.6 Å². The fraction of sp³-hybridized carbons (Fsp3) is 0.438. The molecule has 1 aromatic carbocycles. The predicted molar refractivity (Wildman–Crippen MR) is 78.6 cm³/mol. The van der Waals surface area contributed by atoms with Crippen LogP contribution in [0.5, 0.6) is 0 Å². The van der Waals surface area contributed by atoms with Crippen LogP contribution in [0.3, 0.4) is 0 Å². The minimum Gasteiger partial charge on any atom is -0.339 e. The molecule has 0 spiro atoms. The third kappa shape index (κ3) is 3.88. The molecule has 0 aliphatic carbocycles. The fourth-order valence-electron chi connectivity index (χ4n) is 2.65. The van der Waals surface area contributed by atoms with Crippen molar-refractivity contribution in [3.8, 4) is 0 Å². The third-order valence-corrected chi connectivity index (χ3v) is 3.79. The first-order valence-corrected chi connectivity index (χ1v) is 7.08. The summed E-state index contributed by atoms with van der Waals surface area (Å²) in [5.74, 6) is -0.916. The highest BCUT2D eigenvalue weighted by atomic mass is 19.1. The van der Waals surface area contributed by atoms with E-state index in [1.165, 1.54) is 18.2 Å². The molecule has 21 heavy (non-hydrogen) atoms. The van der Waals surface area contributed by atoms with Crippen LogP contribution in [-0.2, 0) is 4.79 Å². The van der Waals surface area contributed by atoms with Crippen molar-refractivity contribution in [3.63, 3.8) is 0 Å². The molecule has 1 unspecified atom stereocenters. The summed E-state index contributed by atoms with van der Waals surface area (Å²) < 4.78 is 26.6. The van der Waals surface area contributed by atoms with Gasteiger partial charge in [0.15, 0.2) is 0 Å². The number of allylic oxidation sites excluding steroid dienone is 1. The zero-order valence-electron chi connectivity index (χ0n) is 12.3. The van der Waals surface area contributed by atoms with Crippen molar-refractivity contribution < 1.29 is 13.6 Å². The van der Waals surface area contributed by atoms with Gasteiger partial charge in [-0.2, -0.15) is 0 Å². The predicted octanol–water partition coefficient (Wildman–Crippen LogP) is 2.44. The highest BCUT2D eigenvalue weighted by Gasteiger charge is 2.24. The lowest BCUT2D eigenvalue weighted by atomic mass is 10.1. The zero-order chi connectivity index (χ0) is 15.4. The van der Waals surface area contributed by atoms with E-state index in [1.54, 1.807) is 11.8 Å². The fourth-order valence-corrected chi connectivity index (χ4v) is 2.65. The van der Waals surface area contributed by atoms with Gasteiger partial charge in [0.1, 0.15) is 11.6 Å². The van der Waals surface area contributed by atoms with Crippen LogP contribution in [-0.4, -0.2) is 37.5 Å². The van der Waals surface area contributed by atoms with E-state index in [1.807, 2.05) is 7.05 Å². The molecule has 1 atom stereocenters. The molecule has 1 aromatic rings. The average Bonchev–Trinajstić information content (AvgIpc) is 2.87. The maximum Gasteiger partial charge on any atom is 0.246 e. The molecule has 0 saturated carbocycles. The number of amides is 1. The minimum absolute atomic E-state index is 0.116. The molecule has 0 aromatic heterocycles. The summed E-state index contributed by atoms with van der Waals surface area (Å²) in [4.78, 5) is 14.0. The SMILES string of the molecule is CNCC1CCN(C(=O)C=C(C)c2ccc(F)cc2F)C1. The van der Waals surface area contributed by atoms with Gasteiger partial charge in [-0.3, -0.25) is 4.79 Å². The maximum atomic E-state index is 13.7. The lowest BCUT2D eigenvalue weighted by Crippen LogP contribution is -2.29. The number of nitrogens with one attached hydrogen (secondary N) is 1. The quantitative estimate of drug-likeness (QED) is 0.865. The summed E-state index contributed by atoms with van der Waals surface area (Å²) in [6.07, 6.45) is 2.41. The van der Waals surface area contributed by atoms with Gasteiger partial charge in [-0.25, -0.2) is 8.78 Å². The number of hydrogen-bond donors (Lipinski definition) is 1. The number of rotatable bonds is 4. The highest BCUT2D eigenvalue weighted by molar-refractivity contribution is 5.95. The Kier molecular flexibility index (Phi) is 5.07. The summed E-state index contributed by atoms with van der Waals surface area (Å²) in [7, 11) is 1.89. The molecule has 0 radical (unpaired) electrons. The summed E-state index contributed by atoms with van der Waals surface area (Å²) in [5, 5.41) is 3.11. The van der Waals surface area contributed by atoms with E-state index >= 15 is 0 Å². The van der Waals surface area contributed by atoms with Gasteiger partial charge in [0.25, 0.3) is 0 Å². The van der Waals surface area contributed by atoms with E-state index in [2.05, 4.69) is 5.32 Å². The number of benzene rings is 1. The third-order valence-electron chi connectivity index (χ3n) is 3.79. The Morgan fingerprint density at radius 2 is 2.24 bits per heavy atom. The van der Waals surface area contributed by atoms with Crippen LogP contribution in [0, 0.1) is 17.6 Å².